The molecule has 11 heavy (non-hydrogen) atoms. The van der Waals surface area contributed by atoms with Crippen LogP contribution in [0.5, 0.6) is 0 Å². The fraction of sp³-hybridized carbons (Fsp3) is 0.444. The van der Waals surface area contributed by atoms with Crippen LogP contribution in [0.4, 0.5) is 0 Å². The average Bonchev–Trinajstić information content (AvgIpc) is 2.29. The Hall–Kier alpha value is -1.05. The second-order valence-corrected chi connectivity index (χ2v) is 3.35. The van der Waals surface area contributed by atoms with Crippen molar-refractivity contribution < 1.29 is 9.53 Å². The highest BCUT2D eigenvalue weighted by Crippen LogP contribution is 2.39. The fourth-order valence-electron chi connectivity index (χ4n) is 1.56. The molecule has 0 spiro atoms. The first kappa shape index (κ1) is 6.65. The van der Waals surface area contributed by atoms with Crippen LogP contribution in [-0.2, 0) is 9.53 Å². The average molecular weight is 150 g/mol. The number of cyclic esters (lactones) is 1. The van der Waals surface area contributed by atoms with Gasteiger partial charge in [0.25, 0.3) is 0 Å². The summed E-state index contributed by atoms with van der Waals surface area (Å²) < 4.78 is 4.96. The van der Waals surface area contributed by atoms with Crippen molar-refractivity contribution in [2.75, 3.05) is 6.61 Å². The van der Waals surface area contributed by atoms with Gasteiger partial charge < -0.3 is 4.74 Å². The second kappa shape index (κ2) is 1.97. The number of allylic oxidation sites excluding steroid dienone is 3. The molecule has 0 bridgehead atoms. The van der Waals surface area contributed by atoms with Gasteiger partial charge in [-0.2, -0.15) is 0 Å². The van der Waals surface area contributed by atoms with Crippen LogP contribution in [-0.4, -0.2) is 12.6 Å². The lowest BCUT2D eigenvalue weighted by molar-refractivity contribution is -0.135. The summed E-state index contributed by atoms with van der Waals surface area (Å²) >= 11 is 0. The summed E-state index contributed by atoms with van der Waals surface area (Å²) in [6, 6.07) is 0. The molecule has 2 rings (SSSR count). The van der Waals surface area contributed by atoms with Gasteiger partial charge in [0.2, 0.25) is 0 Å². The molecule has 0 radical (unpaired) electrons. The first-order chi connectivity index (χ1) is 5.22. The van der Waals surface area contributed by atoms with Crippen LogP contribution >= 0.6 is 0 Å². The van der Waals surface area contributed by atoms with Crippen molar-refractivity contribution in [1.82, 2.24) is 0 Å². The number of carbonyl (C=O) groups excluding carboxylic acids is 1. The van der Waals surface area contributed by atoms with E-state index in [2.05, 4.69) is 13.0 Å². The van der Waals surface area contributed by atoms with E-state index < -0.39 is 0 Å². The molecule has 1 aliphatic carbocycles. The minimum absolute atomic E-state index is 0.0359. The van der Waals surface area contributed by atoms with Gasteiger partial charge >= 0.3 is 5.97 Å². The van der Waals surface area contributed by atoms with E-state index >= 15 is 0 Å². The molecule has 0 N–H and O–H groups in total. The molecule has 1 unspecified atom stereocenters. The summed E-state index contributed by atoms with van der Waals surface area (Å²) in [4.78, 5) is 11.1. The summed E-state index contributed by atoms with van der Waals surface area (Å²) in [6.45, 7) is 2.61. The first-order valence-corrected chi connectivity index (χ1v) is 3.77. The Morgan fingerprint density at radius 2 is 2.45 bits per heavy atom. The minimum Gasteiger partial charge on any atom is -0.461 e. The topological polar surface area (TPSA) is 26.3 Å². The van der Waals surface area contributed by atoms with E-state index in [1.807, 2.05) is 12.2 Å². The van der Waals surface area contributed by atoms with Gasteiger partial charge in [0.05, 0.1) is 0 Å². The van der Waals surface area contributed by atoms with Gasteiger partial charge in [-0.05, 0) is 6.42 Å². The number of hydrogen-bond acceptors (Lipinski definition) is 2. The maximum atomic E-state index is 11.1. The Morgan fingerprint density at radius 1 is 1.64 bits per heavy atom. The van der Waals surface area contributed by atoms with E-state index in [0.29, 0.717) is 6.61 Å². The number of hydrogen-bond donors (Lipinski definition) is 0. The molecular weight excluding hydrogens is 140 g/mol. The number of carbonyl (C=O) groups is 1. The quantitative estimate of drug-likeness (QED) is 0.488. The van der Waals surface area contributed by atoms with E-state index in [0.717, 1.165) is 12.0 Å². The monoisotopic (exact) mass is 150 g/mol. The van der Waals surface area contributed by atoms with Gasteiger partial charge in [-0.25, -0.2) is 4.79 Å². The molecule has 2 heteroatoms. The Balaban J connectivity index is 2.44. The second-order valence-electron chi connectivity index (χ2n) is 3.35. The third kappa shape index (κ3) is 0.821. The molecule has 1 aliphatic heterocycles. The van der Waals surface area contributed by atoms with E-state index in [9.17, 15) is 4.79 Å². The highest BCUT2D eigenvalue weighted by Gasteiger charge is 2.41. The molecule has 1 saturated heterocycles. The molecule has 2 nitrogen and oxygen atoms in total. The van der Waals surface area contributed by atoms with Crippen LogP contribution in [0.1, 0.15) is 13.3 Å². The normalized spacial score (nSPS) is 34.6. The Morgan fingerprint density at radius 3 is 3.18 bits per heavy atom. The van der Waals surface area contributed by atoms with Gasteiger partial charge in [0, 0.05) is 11.0 Å². The zero-order chi connectivity index (χ0) is 7.90. The molecule has 58 valence electrons. The van der Waals surface area contributed by atoms with E-state index in [1.54, 1.807) is 0 Å². The predicted molar refractivity (Wildman–Crippen MR) is 40.9 cm³/mol. The van der Waals surface area contributed by atoms with Crippen LogP contribution in [0.25, 0.3) is 0 Å². The molecule has 0 aromatic rings. The highest BCUT2D eigenvalue weighted by molar-refractivity contribution is 5.92. The largest absolute Gasteiger partial charge is 0.461 e. The maximum Gasteiger partial charge on any atom is 0.334 e. The highest BCUT2D eigenvalue weighted by atomic mass is 16.5. The predicted octanol–water partition coefficient (Wildman–Crippen LogP) is 1.44. The molecule has 1 fully saturated rings. The Bertz CT molecular complexity index is 263. The van der Waals surface area contributed by atoms with Crippen molar-refractivity contribution in [3.05, 3.63) is 23.8 Å². The Labute approximate surface area is 65.5 Å². The number of ether oxygens (including phenoxy) is 1. The van der Waals surface area contributed by atoms with Crippen LogP contribution in [0, 0.1) is 5.41 Å². The van der Waals surface area contributed by atoms with E-state index in [1.165, 1.54) is 0 Å². The van der Waals surface area contributed by atoms with Gasteiger partial charge in [0.1, 0.15) is 6.61 Å². The fourth-order valence-corrected chi connectivity index (χ4v) is 1.56. The third-order valence-electron chi connectivity index (χ3n) is 2.36. The third-order valence-corrected chi connectivity index (χ3v) is 2.36. The van der Waals surface area contributed by atoms with Crippen LogP contribution < -0.4 is 0 Å². The summed E-state index contributed by atoms with van der Waals surface area (Å²) in [5, 5.41) is 0. The van der Waals surface area contributed by atoms with E-state index in [-0.39, 0.29) is 11.4 Å². The summed E-state index contributed by atoms with van der Waals surface area (Å²) in [6.07, 6.45) is 6.78. The molecule has 0 aromatic carbocycles. The zero-order valence-electron chi connectivity index (χ0n) is 6.46. The number of esters is 1. The van der Waals surface area contributed by atoms with Crippen molar-refractivity contribution in [3.63, 3.8) is 0 Å². The SMILES string of the molecule is CC12CC=CC=C1C(=O)OC2. The lowest BCUT2D eigenvalue weighted by atomic mass is 9.79. The van der Waals surface area contributed by atoms with Gasteiger partial charge in [-0.3, -0.25) is 0 Å². The molecule has 1 heterocycles. The Kier molecular flexibility index (Phi) is 1.19. The van der Waals surface area contributed by atoms with Crippen LogP contribution in [0.15, 0.2) is 23.8 Å². The molecule has 0 saturated carbocycles. The summed E-state index contributed by atoms with van der Waals surface area (Å²) in [7, 11) is 0. The lowest BCUT2D eigenvalue weighted by Crippen LogP contribution is -2.19. The molecule has 1 atom stereocenters. The van der Waals surface area contributed by atoms with Crippen LogP contribution in [0.2, 0.25) is 0 Å². The van der Waals surface area contributed by atoms with Crippen molar-refractivity contribution in [2.24, 2.45) is 5.41 Å². The minimum atomic E-state index is -0.142. The lowest BCUT2D eigenvalue weighted by Gasteiger charge is -2.21. The molecule has 2 aliphatic rings. The smallest absolute Gasteiger partial charge is 0.334 e. The van der Waals surface area contributed by atoms with Crippen molar-refractivity contribution in [1.29, 1.82) is 0 Å². The van der Waals surface area contributed by atoms with E-state index in [4.69, 9.17) is 4.74 Å². The first-order valence-electron chi connectivity index (χ1n) is 3.77. The number of rotatable bonds is 0. The molecule has 0 amide bonds. The van der Waals surface area contributed by atoms with Crippen molar-refractivity contribution in [3.8, 4) is 0 Å². The van der Waals surface area contributed by atoms with Gasteiger partial charge in [-0.1, -0.05) is 25.2 Å². The molecular formula is C9H10O2. The van der Waals surface area contributed by atoms with Gasteiger partial charge in [-0.15, -0.1) is 0 Å². The summed E-state index contributed by atoms with van der Waals surface area (Å²) in [5.41, 5.74) is 0.797. The van der Waals surface area contributed by atoms with Crippen molar-refractivity contribution >= 4 is 5.97 Å². The van der Waals surface area contributed by atoms with Crippen molar-refractivity contribution in [2.45, 2.75) is 13.3 Å². The van der Waals surface area contributed by atoms with Crippen LogP contribution in [0.3, 0.4) is 0 Å². The number of fused-ring (bicyclic) bond motifs is 1. The molecule has 0 aromatic heterocycles. The summed E-state index contributed by atoms with van der Waals surface area (Å²) in [5.74, 6) is -0.142. The van der Waals surface area contributed by atoms with Gasteiger partial charge in [0.15, 0.2) is 0 Å². The standard InChI is InChI=1S/C9H10O2/c1-9-5-3-2-4-7(9)8(10)11-6-9/h2-4H,5-6H2,1H3. The zero-order valence-corrected chi connectivity index (χ0v) is 6.46. The maximum absolute atomic E-state index is 11.1.